The third-order valence-electron chi connectivity index (χ3n) is 6.27. The first-order chi connectivity index (χ1) is 14.6. The first-order valence-corrected chi connectivity index (χ1v) is 10.1. The maximum absolute atomic E-state index is 13.4. The number of Topliss-reactive ketones (excluding diaryl/α,β-unsaturated/α-hetero) is 1. The van der Waals surface area contributed by atoms with Gasteiger partial charge >= 0.3 is 0 Å². The first-order valence-electron chi connectivity index (χ1n) is 10.1. The van der Waals surface area contributed by atoms with Gasteiger partial charge in [-0.3, -0.25) is 9.59 Å². The molecule has 0 radical (unpaired) electrons. The number of rotatable bonds is 6. The normalized spacial score (nSPS) is 18.2. The molecule has 2 aliphatic rings. The predicted molar refractivity (Wildman–Crippen MR) is 114 cm³/mol. The standard InChI is InChI=1S/C24H25NO6/c1-24(2)17-9-14(31-11-20(28)19(27)10-26)4-6-16(17)22(29)21-15-5-3-12(23(25)30)7-13(15)8-18(21)24/h3-7,9,19-20,26-28H,8,10-11H2,1-2H3,(H2,25,30)/t19-,20-/m1/s1. The highest BCUT2D eigenvalue weighted by Crippen LogP contribution is 2.50. The van der Waals surface area contributed by atoms with Crippen LogP contribution in [0, 0.1) is 0 Å². The molecule has 2 aliphatic carbocycles. The first kappa shape index (κ1) is 21.2. The van der Waals surface area contributed by atoms with E-state index in [1.165, 1.54) is 0 Å². The van der Waals surface area contributed by atoms with Crippen LogP contribution in [0.15, 0.2) is 42.0 Å². The average Bonchev–Trinajstić information content (AvgIpc) is 3.15. The maximum atomic E-state index is 13.4. The summed E-state index contributed by atoms with van der Waals surface area (Å²) in [5, 5.41) is 28.2. The number of primary amides is 1. The second kappa shape index (κ2) is 7.60. The number of hydrogen-bond donors (Lipinski definition) is 4. The van der Waals surface area contributed by atoms with E-state index in [0.29, 0.717) is 28.9 Å². The van der Waals surface area contributed by atoms with Crippen molar-refractivity contribution in [3.05, 3.63) is 69.8 Å². The van der Waals surface area contributed by atoms with Crippen molar-refractivity contribution in [3.63, 3.8) is 0 Å². The molecule has 2 atom stereocenters. The van der Waals surface area contributed by atoms with Gasteiger partial charge in [0.05, 0.1) is 6.61 Å². The monoisotopic (exact) mass is 423 g/mol. The zero-order valence-corrected chi connectivity index (χ0v) is 17.4. The second-order valence-electron chi connectivity index (χ2n) is 8.56. The summed E-state index contributed by atoms with van der Waals surface area (Å²) in [6.45, 7) is 3.33. The molecule has 4 rings (SSSR count). The van der Waals surface area contributed by atoms with Gasteiger partial charge in [-0.2, -0.15) is 0 Å². The van der Waals surface area contributed by atoms with Crippen molar-refractivity contribution in [2.45, 2.75) is 37.9 Å². The van der Waals surface area contributed by atoms with Crippen LogP contribution < -0.4 is 10.5 Å². The highest BCUT2D eigenvalue weighted by molar-refractivity contribution is 6.33. The molecule has 7 heteroatoms. The van der Waals surface area contributed by atoms with E-state index >= 15 is 0 Å². The molecule has 1 amide bonds. The Hall–Kier alpha value is -3.00. The minimum Gasteiger partial charge on any atom is -0.491 e. The van der Waals surface area contributed by atoms with Crippen LogP contribution in [0.3, 0.4) is 0 Å². The molecule has 0 spiro atoms. The molecule has 0 aromatic heterocycles. The van der Waals surface area contributed by atoms with Gasteiger partial charge in [-0.05, 0) is 59.0 Å². The van der Waals surface area contributed by atoms with Crippen LogP contribution in [0.4, 0.5) is 0 Å². The Morgan fingerprint density at radius 1 is 1.13 bits per heavy atom. The van der Waals surface area contributed by atoms with Gasteiger partial charge in [0.2, 0.25) is 5.91 Å². The summed E-state index contributed by atoms with van der Waals surface area (Å²) in [4.78, 5) is 25.0. The van der Waals surface area contributed by atoms with E-state index in [9.17, 15) is 19.8 Å². The third-order valence-corrected chi connectivity index (χ3v) is 6.27. The molecule has 2 aromatic carbocycles. The minimum absolute atomic E-state index is 0.0720. The molecule has 162 valence electrons. The summed E-state index contributed by atoms with van der Waals surface area (Å²) in [7, 11) is 0. The van der Waals surface area contributed by atoms with E-state index in [1.54, 1.807) is 36.4 Å². The van der Waals surface area contributed by atoms with Crippen molar-refractivity contribution in [1.29, 1.82) is 0 Å². The average molecular weight is 423 g/mol. The lowest BCUT2D eigenvalue weighted by atomic mass is 9.68. The Morgan fingerprint density at radius 2 is 1.84 bits per heavy atom. The largest absolute Gasteiger partial charge is 0.491 e. The van der Waals surface area contributed by atoms with Crippen LogP contribution in [-0.2, 0) is 11.8 Å². The number of amides is 1. The number of ketones is 1. The number of aliphatic hydroxyl groups excluding tert-OH is 3. The molecule has 0 fully saturated rings. The fourth-order valence-electron chi connectivity index (χ4n) is 4.41. The molecule has 5 N–H and O–H groups in total. The molecule has 0 saturated heterocycles. The topological polar surface area (TPSA) is 130 Å². The quantitative estimate of drug-likeness (QED) is 0.555. The lowest BCUT2D eigenvalue weighted by Gasteiger charge is -2.34. The van der Waals surface area contributed by atoms with E-state index in [0.717, 1.165) is 22.3 Å². The summed E-state index contributed by atoms with van der Waals surface area (Å²) in [6.07, 6.45) is -1.96. The number of allylic oxidation sites excluding steroid dienone is 2. The molecular formula is C24H25NO6. The number of benzene rings is 2. The predicted octanol–water partition coefficient (Wildman–Crippen LogP) is 1.36. The number of aliphatic hydroxyl groups is 3. The van der Waals surface area contributed by atoms with Gasteiger partial charge in [-0.25, -0.2) is 0 Å². The highest BCUT2D eigenvalue weighted by atomic mass is 16.5. The number of ether oxygens (including phenoxy) is 1. The summed E-state index contributed by atoms with van der Waals surface area (Å²) >= 11 is 0. The van der Waals surface area contributed by atoms with Crippen LogP contribution in [0.2, 0.25) is 0 Å². The van der Waals surface area contributed by atoms with Gasteiger partial charge in [-0.1, -0.05) is 19.9 Å². The number of fused-ring (bicyclic) bond motifs is 3. The summed E-state index contributed by atoms with van der Waals surface area (Å²) < 4.78 is 5.60. The maximum Gasteiger partial charge on any atom is 0.248 e. The van der Waals surface area contributed by atoms with Gasteiger partial charge in [0.1, 0.15) is 24.6 Å². The van der Waals surface area contributed by atoms with Crippen molar-refractivity contribution in [2.24, 2.45) is 5.73 Å². The number of nitrogens with two attached hydrogens (primary N) is 1. The highest BCUT2D eigenvalue weighted by Gasteiger charge is 2.43. The van der Waals surface area contributed by atoms with E-state index < -0.39 is 30.1 Å². The molecule has 0 aliphatic heterocycles. The van der Waals surface area contributed by atoms with Crippen LogP contribution in [0.25, 0.3) is 5.57 Å². The van der Waals surface area contributed by atoms with Gasteiger partial charge in [0.25, 0.3) is 0 Å². The molecule has 0 saturated carbocycles. The zero-order valence-electron chi connectivity index (χ0n) is 17.4. The fourth-order valence-corrected chi connectivity index (χ4v) is 4.41. The van der Waals surface area contributed by atoms with E-state index in [-0.39, 0.29) is 12.4 Å². The van der Waals surface area contributed by atoms with Crippen LogP contribution in [0.1, 0.15) is 51.3 Å². The Morgan fingerprint density at radius 3 is 2.52 bits per heavy atom. The lowest BCUT2D eigenvalue weighted by molar-refractivity contribution is -0.0339. The van der Waals surface area contributed by atoms with Crippen molar-refractivity contribution in [3.8, 4) is 5.75 Å². The third kappa shape index (κ3) is 3.44. The van der Waals surface area contributed by atoms with E-state index in [1.807, 2.05) is 13.8 Å². The van der Waals surface area contributed by atoms with Crippen molar-refractivity contribution in [1.82, 2.24) is 0 Å². The zero-order chi connectivity index (χ0) is 22.5. The van der Waals surface area contributed by atoms with Crippen molar-refractivity contribution in [2.75, 3.05) is 13.2 Å². The SMILES string of the molecule is CC1(C)C2=C(C(=O)c3ccc(OC[C@@H](O)[C@H](O)CO)cc31)c1ccc(C(N)=O)cc1C2. The smallest absolute Gasteiger partial charge is 0.248 e. The Kier molecular flexibility index (Phi) is 5.21. The second-order valence-corrected chi connectivity index (χ2v) is 8.56. The molecular weight excluding hydrogens is 398 g/mol. The molecule has 0 bridgehead atoms. The van der Waals surface area contributed by atoms with E-state index in [2.05, 4.69) is 0 Å². The van der Waals surface area contributed by atoms with Gasteiger partial charge in [0, 0.05) is 22.1 Å². The summed E-state index contributed by atoms with van der Waals surface area (Å²) in [5.41, 5.74) is 10.2. The summed E-state index contributed by atoms with van der Waals surface area (Å²) in [6, 6.07) is 10.4. The van der Waals surface area contributed by atoms with Crippen molar-refractivity contribution < 1.29 is 29.6 Å². The molecule has 0 heterocycles. The number of carbonyl (C=O) groups is 2. The molecule has 0 unspecified atom stereocenters. The number of carbonyl (C=O) groups excluding carboxylic acids is 2. The number of hydrogen-bond acceptors (Lipinski definition) is 6. The molecule has 31 heavy (non-hydrogen) atoms. The van der Waals surface area contributed by atoms with Crippen LogP contribution in [-0.4, -0.2) is 52.4 Å². The van der Waals surface area contributed by atoms with Crippen LogP contribution in [0.5, 0.6) is 5.75 Å². The molecule has 2 aromatic rings. The van der Waals surface area contributed by atoms with Gasteiger partial charge in [-0.15, -0.1) is 0 Å². The fraction of sp³-hybridized carbons (Fsp3) is 0.333. The van der Waals surface area contributed by atoms with Crippen molar-refractivity contribution >= 4 is 17.3 Å². The van der Waals surface area contributed by atoms with Gasteiger partial charge < -0.3 is 25.8 Å². The Balaban J connectivity index is 1.68. The lowest BCUT2D eigenvalue weighted by Crippen LogP contribution is -2.34. The minimum atomic E-state index is -1.29. The Bertz CT molecular complexity index is 1120. The molecule has 7 nitrogen and oxygen atoms in total. The van der Waals surface area contributed by atoms with E-state index in [4.69, 9.17) is 15.6 Å². The van der Waals surface area contributed by atoms with Gasteiger partial charge in [0.15, 0.2) is 5.78 Å². The summed E-state index contributed by atoms with van der Waals surface area (Å²) in [5.74, 6) is -0.117. The Labute approximate surface area is 179 Å². The van der Waals surface area contributed by atoms with Crippen LogP contribution >= 0.6 is 0 Å².